The van der Waals surface area contributed by atoms with Gasteiger partial charge in [0.1, 0.15) is 0 Å². The molecule has 4 nitrogen and oxygen atoms in total. The molecule has 3 N–H and O–H groups in total. The molecule has 1 heterocycles. The SMILES string of the molecule is Cl.Cl.[CH3][Ti]([CH3])([CH3])[N]1CCCNCCCNCCCNCCC1. The van der Waals surface area contributed by atoms with Crippen LogP contribution in [-0.4, -0.2) is 55.7 Å². The van der Waals surface area contributed by atoms with Gasteiger partial charge < -0.3 is 0 Å². The van der Waals surface area contributed by atoms with Gasteiger partial charge >= 0.3 is 130 Å². The summed E-state index contributed by atoms with van der Waals surface area (Å²) in [6, 6.07) is 0. The second-order valence-corrected chi connectivity index (χ2v) is 14.6. The Hall–Kier alpha value is 1.13. The zero-order valence-electron chi connectivity index (χ0n) is 14.7. The second kappa shape index (κ2) is 15.6. The van der Waals surface area contributed by atoms with E-state index in [1.807, 2.05) is 0 Å². The Morgan fingerprint density at radius 2 is 0.909 bits per heavy atom. The van der Waals surface area contributed by atoms with E-state index in [4.69, 9.17) is 0 Å². The minimum absolute atomic E-state index is 0. The zero-order valence-corrected chi connectivity index (χ0v) is 17.9. The molecule has 1 aliphatic heterocycles. The van der Waals surface area contributed by atoms with Crippen LogP contribution in [0.25, 0.3) is 0 Å². The molecule has 0 amide bonds. The summed E-state index contributed by atoms with van der Waals surface area (Å²) >= 11 is -1.66. The molecule has 0 aromatic rings. The molecular formula is C15H38Cl2N4Ti. The van der Waals surface area contributed by atoms with E-state index in [9.17, 15) is 0 Å². The monoisotopic (exact) mass is 392 g/mol. The predicted molar refractivity (Wildman–Crippen MR) is 101 cm³/mol. The van der Waals surface area contributed by atoms with Crippen molar-refractivity contribution in [3.05, 3.63) is 0 Å². The molecule has 1 saturated heterocycles. The van der Waals surface area contributed by atoms with Crippen LogP contribution in [0.15, 0.2) is 0 Å². The first-order chi connectivity index (χ1) is 9.61. The molecule has 0 saturated carbocycles. The predicted octanol–water partition coefficient (Wildman–Crippen LogP) is 2.69. The topological polar surface area (TPSA) is 39.3 Å². The van der Waals surface area contributed by atoms with Crippen molar-refractivity contribution in [3.63, 3.8) is 0 Å². The van der Waals surface area contributed by atoms with Crippen molar-refractivity contribution >= 4 is 24.8 Å². The molecule has 1 fully saturated rings. The molecule has 0 bridgehead atoms. The molecule has 0 aromatic heterocycles. The van der Waals surface area contributed by atoms with Gasteiger partial charge in [-0.05, 0) is 0 Å². The van der Waals surface area contributed by atoms with Crippen molar-refractivity contribution in [3.8, 4) is 0 Å². The van der Waals surface area contributed by atoms with Gasteiger partial charge in [0.05, 0.1) is 0 Å². The van der Waals surface area contributed by atoms with Crippen LogP contribution in [0.2, 0.25) is 15.7 Å². The van der Waals surface area contributed by atoms with Crippen LogP contribution in [0.3, 0.4) is 0 Å². The molecule has 7 heteroatoms. The first-order valence-electron chi connectivity index (χ1n) is 8.48. The van der Waals surface area contributed by atoms with Crippen LogP contribution >= 0.6 is 24.8 Å². The number of nitrogens with one attached hydrogen (secondary N) is 3. The van der Waals surface area contributed by atoms with E-state index in [-0.39, 0.29) is 24.8 Å². The molecule has 0 aromatic carbocycles. The van der Waals surface area contributed by atoms with Gasteiger partial charge in [-0.1, -0.05) is 0 Å². The fraction of sp³-hybridized carbons (Fsp3) is 1.00. The van der Waals surface area contributed by atoms with Gasteiger partial charge in [-0.15, -0.1) is 24.8 Å². The average Bonchev–Trinajstić information content (AvgIpc) is 2.37. The Kier molecular flexibility index (Phi) is 18.1. The van der Waals surface area contributed by atoms with Gasteiger partial charge in [0.2, 0.25) is 0 Å². The Morgan fingerprint density at radius 3 is 1.23 bits per heavy atom. The Bertz CT molecular complexity index is 224. The summed E-state index contributed by atoms with van der Waals surface area (Å²) in [5.41, 5.74) is 0. The molecule has 0 unspecified atom stereocenters. The summed E-state index contributed by atoms with van der Waals surface area (Å²) in [6.07, 6.45) is 5.08. The van der Waals surface area contributed by atoms with E-state index in [2.05, 4.69) is 35.0 Å². The van der Waals surface area contributed by atoms with Crippen LogP contribution in [-0.2, 0) is 16.8 Å². The van der Waals surface area contributed by atoms with Crippen LogP contribution in [0.1, 0.15) is 25.7 Å². The minimum atomic E-state index is -1.66. The third-order valence-electron chi connectivity index (χ3n) is 3.93. The Labute approximate surface area is 154 Å². The van der Waals surface area contributed by atoms with Crippen LogP contribution in [0.4, 0.5) is 0 Å². The fourth-order valence-corrected chi connectivity index (χ4v) is 5.21. The van der Waals surface area contributed by atoms with Gasteiger partial charge in [0.15, 0.2) is 0 Å². The van der Waals surface area contributed by atoms with Gasteiger partial charge in [-0.25, -0.2) is 0 Å². The third kappa shape index (κ3) is 13.6. The Balaban J connectivity index is 0. The van der Waals surface area contributed by atoms with Gasteiger partial charge in [-0.3, -0.25) is 0 Å². The molecule has 0 radical (unpaired) electrons. The molecule has 136 valence electrons. The second-order valence-electron chi connectivity index (χ2n) is 6.82. The maximum absolute atomic E-state index is 3.58. The average molecular weight is 393 g/mol. The number of hydrogen-bond donors (Lipinski definition) is 3. The maximum atomic E-state index is 3.58. The number of hydrogen-bond acceptors (Lipinski definition) is 4. The quantitative estimate of drug-likeness (QED) is 0.600. The first-order valence-corrected chi connectivity index (χ1v) is 13.9. The van der Waals surface area contributed by atoms with E-state index in [0.717, 1.165) is 26.2 Å². The molecule has 22 heavy (non-hydrogen) atoms. The fourth-order valence-electron chi connectivity index (χ4n) is 2.62. The zero-order chi connectivity index (χ0) is 14.7. The van der Waals surface area contributed by atoms with Gasteiger partial charge in [0, 0.05) is 0 Å². The van der Waals surface area contributed by atoms with Crippen molar-refractivity contribution in [1.29, 1.82) is 0 Å². The first kappa shape index (κ1) is 25.4. The van der Waals surface area contributed by atoms with Crippen LogP contribution < -0.4 is 16.0 Å². The summed E-state index contributed by atoms with van der Waals surface area (Å²) in [5.74, 6) is 0. The number of halogens is 2. The molecular weight excluding hydrogens is 355 g/mol. The van der Waals surface area contributed by atoms with Crippen molar-refractivity contribution in [2.24, 2.45) is 0 Å². The van der Waals surface area contributed by atoms with Gasteiger partial charge in [0.25, 0.3) is 0 Å². The number of rotatable bonds is 1. The van der Waals surface area contributed by atoms with E-state index in [1.165, 1.54) is 51.9 Å². The van der Waals surface area contributed by atoms with E-state index >= 15 is 0 Å². The number of nitrogens with zero attached hydrogens (tertiary/aromatic N) is 1. The van der Waals surface area contributed by atoms with E-state index < -0.39 is 16.8 Å². The summed E-state index contributed by atoms with van der Waals surface area (Å²) < 4.78 is 2.82. The van der Waals surface area contributed by atoms with Gasteiger partial charge in [-0.2, -0.15) is 0 Å². The van der Waals surface area contributed by atoms with Crippen molar-refractivity contribution in [1.82, 2.24) is 19.3 Å². The molecule has 0 aliphatic carbocycles. The van der Waals surface area contributed by atoms with Crippen molar-refractivity contribution < 1.29 is 16.8 Å². The van der Waals surface area contributed by atoms with Crippen molar-refractivity contribution in [2.75, 3.05) is 52.4 Å². The molecule has 0 spiro atoms. The third-order valence-corrected chi connectivity index (χ3v) is 7.59. The molecule has 1 rings (SSSR count). The summed E-state index contributed by atoms with van der Waals surface area (Å²) in [7, 11) is 0. The summed E-state index contributed by atoms with van der Waals surface area (Å²) in [6.45, 7) is 9.53. The van der Waals surface area contributed by atoms with Crippen molar-refractivity contribution in [2.45, 2.75) is 41.4 Å². The van der Waals surface area contributed by atoms with Crippen LogP contribution in [0, 0.1) is 0 Å². The summed E-state index contributed by atoms with van der Waals surface area (Å²) in [5, 5.41) is 18.2. The Morgan fingerprint density at radius 1 is 0.591 bits per heavy atom. The van der Waals surface area contributed by atoms with Crippen LogP contribution in [0.5, 0.6) is 0 Å². The van der Waals surface area contributed by atoms with E-state index in [0.29, 0.717) is 0 Å². The molecule has 0 atom stereocenters. The summed E-state index contributed by atoms with van der Waals surface area (Å²) in [4.78, 5) is 0. The standard InChI is InChI=1S/C12H27N4.3CH3.2ClH.Ti/c1-5-13-7-2-9-15-11-4-12-16-10-3-8-14-6-1;;;;;;/h13-15H,1-12H2;3*1H3;2*1H;/q-1;;;;;;+1. The normalized spacial score (nSPS) is 21.4. The van der Waals surface area contributed by atoms with E-state index in [1.54, 1.807) is 0 Å². The molecule has 1 aliphatic rings.